The Hall–Kier alpha value is -2.54. The zero-order chi connectivity index (χ0) is 18.0. The van der Waals surface area contributed by atoms with E-state index in [0.29, 0.717) is 12.8 Å². The highest BCUT2D eigenvalue weighted by Gasteiger charge is 2.26. The quantitative estimate of drug-likeness (QED) is 0.901. The van der Waals surface area contributed by atoms with Crippen LogP contribution in [0.4, 0.5) is 8.78 Å². The maximum absolute atomic E-state index is 13.2. The molecule has 132 valence electrons. The first kappa shape index (κ1) is 17.3. The lowest BCUT2D eigenvalue weighted by Gasteiger charge is -2.27. The summed E-state index contributed by atoms with van der Waals surface area (Å²) in [5.74, 6) is -0.761. The second kappa shape index (κ2) is 7.14. The number of carbonyl (C=O) groups excluding carboxylic acids is 1. The van der Waals surface area contributed by atoms with E-state index < -0.39 is 12.3 Å². The molecular formula is C18H18F2N2O3. The second-order valence-corrected chi connectivity index (χ2v) is 5.86. The molecule has 0 aliphatic carbocycles. The van der Waals surface area contributed by atoms with Crippen LogP contribution < -0.4 is 10.5 Å². The molecule has 2 N–H and O–H groups in total. The van der Waals surface area contributed by atoms with Crippen molar-refractivity contribution in [3.8, 4) is 17.0 Å². The molecule has 1 aliphatic rings. The SMILES string of the molecule is CC(F)OCC1CCc2c(-c3ccc(F)cc3)cc(C(N)=O)nc2O1. The van der Waals surface area contributed by atoms with E-state index in [1.54, 1.807) is 18.2 Å². The van der Waals surface area contributed by atoms with Crippen LogP contribution in [-0.2, 0) is 11.2 Å². The first-order valence-corrected chi connectivity index (χ1v) is 7.96. The van der Waals surface area contributed by atoms with Crippen LogP contribution in [0.3, 0.4) is 0 Å². The molecule has 2 atom stereocenters. The third kappa shape index (κ3) is 3.93. The lowest BCUT2D eigenvalue weighted by atomic mass is 9.94. The third-order valence-electron chi connectivity index (χ3n) is 4.00. The molecule has 1 aromatic heterocycles. The topological polar surface area (TPSA) is 74.4 Å². The summed E-state index contributed by atoms with van der Waals surface area (Å²) in [5.41, 5.74) is 7.67. The number of pyridine rings is 1. The molecule has 5 nitrogen and oxygen atoms in total. The Labute approximate surface area is 143 Å². The van der Waals surface area contributed by atoms with E-state index >= 15 is 0 Å². The minimum Gasteiger partial charge on any atom is -0.472 e. The standard InChI is InChI=1S/C18H18F2N2O3/c1-10(19)24-9-13-6-7-14-15(11-2-4-12(20)5-3-11)8-16(17(21)23)22-18(14)25-13/h2-5,8,10,13H,6-7,9H2,1H3,(H2,21,23). The van der Waals surface area contributed by atoms with E-state index in [1.807, 2.05) is 0 Å². The van der Waals surface area contributed by atoms with Crippen molar-refractivity contribution in [3.05, 3.63) is 47.4 Å². The molecule has 0 bridgehead atoms. The van der Waals surface area contributed by atoms with Gasteiger partial charge in [0.1, 0.15) is 17.6 Å². The number of hydrogen-bond acceptors (Lipinski definition) is 4. The molecule has 0 saturated heterocycles. The van der Waals surface area contributed by atoms with E-state index in [2.05, 4.69) is 4.98 Å². The Morgan fingerprint density at radius 1 is 1.44 bits per heavy atom. The van der Waals surface area contributed by atoms with Crippen molar-refractivity contribution in [1.29, 1.82) is 0 Å². The van der Waals surface area contributed by atoms with Crippen molar-refractivity contribution in [2.24, 2.45) is 5.73 Å². The fourth-order valence-electron chi connectivity index (χ4n) is 2.78. The third-order valence-corrected chi connectivity index (χ3v) is 4.00. The average Bonchev–Trinajstić information content (AvgIpc) is 2.59. The summed E-state index contributed by atoms with van der Waals surface area (Å²) < 4.78 is 36.8. The van der Waals surface area contributed by atoms with E-state index in [-0.39, 0.29) is 30.1 Å². The normalized spacial score (nSPS) is 17.5. The number of halogens is 2. The Balaban J connectivity index is 1.97. The first-order valence-electron chi connectivity index (χ1n) is 7.96. The number of carbonyl (C=O) groups is 1. The summed E-state index contributed by atoms with van der Waals surface area (Å²) in [6, 6.07) is 7.51. The van der Waals surface area contributed by atoms with Crippen LogP contribution in [0.25, 0.3) is 11.1 Å². The summed E-state index contributed by atoms with van der Waals surface area (Å²) >= 11 is 0. The molecule has 0 fully saturated rings. The Morgan fingerprint density at radius 3 is 2.80 bits per heavy atom. The van der Waals surface area contributed by atoms with Gasteiger partial charge in [-0.25, -0.2) is 13.8 Å². The number of aromatic nitrogens is 1. The molecule has 1 aromatic carbocycles. The molecule has 0 spiro atoms. The van der Waals surface area contributed by atoms with Gasteiger partial charge in [0.25, 0.3) is 5.91 Å². The van der Waals surface area contributed by atoms with Gasteiger partial charge < -0.3 is 15.2 Å². The number of ether oxygens (including phenoxy) is 2. The van der Waals surface area contributed by atoms with Crippen molar-refractivity contribution in [2.45, 2.75) is 32.2 Å². The number of hydrogen-bond donors (Lipinski definition) is 1. The van der Waals surface area contributed by atoms with Crippen molar-refractivity contribution in [2.75, 3.05) is 6.61 Å². The molecule has 0 radical (unpaired) electrons. The van der Waals surface area contributed by atoms with Gasteiger partial charge >= 0.3 is 0 Å². The van der Waals surface area contributed by atoms with Crippen LogP contribution in [0.1, 0.15) is 29.4 Å². The zero-order valence-corrected chi connectivity index (χ0v) is 13.7. The summed E-state index contributed by atoms with van der Waals surface area (Å²) in [6.45, 7) is 1.39. The van der Waals surface area contributed by atoms with Gasteiger partial charge in [-0.3, -0.25) is 4.79 Å². The van der Waals surface area contributed by atoms with Gasteiger partial charge in [0.05, 0.1) is 6.61 Å². The highest BCUT2D eigenvalue weighted by molar-refractivity contribution is 5.93. The Kier molecular flexibility index (Phi) is 4.94. The van der Waals surface area contributed by atoms with Crippen molar-refractivity contribution < 1.29 is 23.0 Å². The number of fused-ring (bicyclic) bond motifs is 1. The molecule has 0 saturated carbocycles. The number of primary amides is 1. The van der Waals surface area contributed by atoms with Crippen LogP contribution >= 0.6 is 0 Å². The number of nitrogens with zero attached hydrogens (tertiary/aromatic N) is 1. The van der Waals surface area contributed by atoms with E-state index in [4.69, 9.17) is 15.2 Å². The van der Waals surface area contributed by atoms with Crippen LogP contribution in [0.2, 0.25) is 0 Å². The van der Waals surface area contributed by atoms with Crippen LogP contribution in [0.15, 0.2) is 30.3 Å². The molecular weight excluding hydrogens is 330 g/mol. The highest BCUT2D eigenvalue weighted by Crippen LogP contribution is 2.35. The number of alkyl halides is 1. The first-order chi connectivity index (χ1) is 11.9. The predicted molar refractivity (Wildman–Crippen MR) is 87.4 cm³/mol. The van der Waals surface area contributed by atoms with Crippen LogP contribution in [0, 0.1) is 5.82 Å². The lowest BCUT2D eigenvalue weighted by molar-refractivity contribution is -0.0603. The van der Waals surface area contributed by atoms with E-state index in [9.17, 15) is 13.6 Å². The van der Waals surface area contributed by atoms with Gasteiger partial charge in [-0.05, 0) is 49.1 Å². The van der Waals surface area contributed by atoms with E-state index in [0.717, 1.165) is 16.7 Å². The smallest absolute Gasteiger partial charge is 0.267 e. The van der Waals surface area contributed by atoms with Crippen molar-refractivity contribution in [1.82, 2.24) is 4.98 Å². The van der Waals surface area contributed by atoms with Crippen LogP contribution in [-0.4, -0.2) is 30.0 Å². The molecule has 25 heavy (non-hydrogen) atoms. The van der Waals surface area contributed by atoms with Gasteiger partial charge in [0, 0.05) is 5.56 Å². The van der Waals surface area contributed by atoms with Crippen molar-refractivity contribution >= 4 is 5.91 Å². The molecule has 2 aromatic rings. The van der Waals surface area contributed by atoms with Gasteiger partial charge in [0.2, 0.25) is 5.88 Å². The number of benzene rings is 1. The number of rotatable bonds is 5. The second-order valence-electron chi connectivity index (χ2n) is 5.86. The summed E-state index contributed by atoms with van der Waals surface area (Å²) in [6.07, 6.45) is -0.513. The lowest BCUT2D eigenvalue weighted by Crippen LogP contribution is -2.30. The molecule has 1 amide bonds. The number of nitrogens with two attached hydrogens (primary N) is 1. The summed E-state index contributed by atoms with van der Waals surface area (Å²) in [4.78, 5) is 15.8. The van der Waals surface area contributed by atoms with Gasteiger partial charge in [-0.1, -0.05) is 12.1 Å². The minimum atomic E-state index is -1.38. The molecule has 7 heteroatoms. The van der Waals surface area contributed by atoms with Crippen LogP contribution in [0.5, 0.6) is 5.88 Å². The molecule has 1 aliphatic heterocycles. The average molecular weight is 348 g/mol. The molecule has 2 unspecified atom stereocenters. The van der Waals surface area contributed by atoms with E-state index in [1.165, 1.54) is 19.1 Å². The van der Waals surface area contributed by atoms with Gasteiger partial charge in [0.15, 0.2) is 6.36 Å². The fraction of sp³-hybridized carbons (Fsp3) is 0.333. The Bertz CT molecular complexity index is 779. The maximum atomic E-state index is 13.2. The zero-order valence-electron chi connectivity index (χ0n) is 13.7. The summed E-state index contributed by atoms with van der Waals surface area (Å²) in [5, 5.41) is 0. The van der Waals surface area contributed by atoms with Gasteiger partial charge in [-0.15, -0.1) is 0 Å². The maximum Gasteiger partial charge on any atom is 0.267 e. The minimum absolute atomic E-state index is 0.0542. The van der Waals surface area contributed by atoms with Gasteiger partial charge in [-0.2, -0.15) is 0 Å². The largest absolute Gasteiger partial charge is 0.472 e. The molecule has 3 rings (SSSR count). The number of amides is 1. The predicted octanol–water partition coefficient (Wildman–Crippen LogP) is 3.01. The van der Waals surface area contributed by atoms with Crippen molar-refractivity contribution in [3.63, 3.8) is 0 Å². The molecule has 2 heterocycles. The Morgan fingerprint density at radius 2 is 2.16 bits per heavy atom. The summed E-state index contributed by atoms with van der Waals surface area (Å²) in [7, 11) is 0. The monoisotopic (exact) mass is 348 g/mol. The highest BCUT2D eigenvalue weighted by atomic mass is 19.1. The fourth-order valence-corrected chi connectivity index (χ4v) is 2.78.